The van der Waals surface area contributed by atoms with Gasteiger partial charge in [0.15, 0.2) is 17.7 Å². The third kappa shape index (κ3) is 4.06. The number of carbonyl (C=O) groups excluding carboxylic acids is 2. The molecule has 1 aliphatic heterocycles. The zero-order valence-electron chi connectivity index (χ0n) is 14.5. The molecule has 2 amide bonds. The number of amides is 2. The van der Waals surface area contributed by atoms with E-state index in [4.69, 9.17) is 4.74 Å². The van der Waals surface area contributed by atoms with Gasteiger partial charge in [0.1, 0.15) is 12.3 Å². The maximum Gasteiger partial charge on any atom is 0.268 e. The first-order chi connectivity index (χ1) is 12.9. The van der Waals surface area contributed by atoms with Gasteiger partial charge in [-0.3, -0.25) is 14.5 Å². The molecule has 0 fully saturated rings. The van der Waals surface area contributed by atoms with Gasteiger partial charge in [0.05, 0.1) is 11.8 Å². The molecule has 2 N–H and O–H groups in total. The van der Waals surface area contributed by atoms with Crippen molar-refractivity contribution in [3.8, 4) is 5.75 Å². The van der Waals surface area contributed by atoms with Crippen LogP contribution in [0.4, 0.5) is 14.5 Å². The number of halogens is 2. The van der Waals surface area contributed by atoms with Crippen LogP contribution < -0.4 is 15.0 Å². The minimum absolute atomic E-state index is 0.135. The summed E-state index contributed by atoms with van der Waals surface area (Å²) in [6.07, 6.45) is -1.93. The first-order valence-electron chi connectivity index (χ1n) is 8.33. The summed E-state index contributed by atoms with van der Waals surface area (Å²) in [6, 6.07) is 9.87. The number of anilines is 1. The fraction of sp³-hybridized carbons (Fsp3) is 0.263. The Morgan fingerprint density at radius 3 is 2.74 bits per heavy atom. The average molecular weight is 376 g/mol. The van der Waals surface area contributed by atoms with Gasteiger partial charge in [0, 0.05) is 6.54 Å². The number of nitrogens with one attached hydrogen (secondary N) is 1. The molecule has 142 valence electrons. The van der Waals surface area contributed by atoms with E-state index in [9.17, 15) is 23.5 Å². The number of para-hydroxylation sites is 2. The van der Waals surface area contributed by atoms with E-state index >= 15 is 0 Å². The number of hydrogen-bond donors (Lipinski definition) is 2. The van der Waals surface area contributed by atoms with Crippen molar-refractivity contribution < 1.29 is 28.2 Å². The molecule has 0 aromatic heterocycles. The minimum atomic E-state index is -1.21. The molecule has 8 heteroatoms. The van der Waals surface area contributed by atoms with Crippen LogP contribution in [-0.4, -0.2) is 36.1 Å². The van der Waals surface area contributed by atoms with Gasteiger partial charge in [0.2, 0.25) is 5.91 Å². The van der Waals surface area contributed by atoms with Crippen molar-refractivity contribution in [1.82, 2.24) is 5.32 Å². The van der Waals surface area contributed by atoms with E-state index in [1.54, 1.807) is 31.2 Å². The lowest BCUT2D eigenvalue weighted by Crippen LogP contribution is -2.49. The Kier molecular flexibility index (Phi) is 5.36. The number of nitrogens with zero attached hydrogens (tertiary/aromatic N) is 1. The minimum Gasteiger partial charge on any atom is -0.479 e. The van der Waals surface area contributed by atoms with Crippen LogP contribution in [0.25, 0.3) is 0 Å². The van der Waals surface area contributed by atoms with Gasteiger partial charge < -0.3 is 15.2 Å². The molecular weight excluding hydrogens is 358 g/mol. The predicted octanol–water partition coefficient (Wildman–Crippen LogP) is 1.93. The lowest BCUT2D eigenvalue weighted by atomic mass is 10.1. The largest absolute Gasteiger partial charge is 0.479 e. The number of benzene rings is 2. The molecule has 0 aliphatic carbocycles. The second-order valence-corrected chi connectivity index (χ2v) is 6.15. The van der Waals surface area contributed by atoms with Gasteiger partial charge in [-0.1, -0.05) is 18.2 Å². The SMILES string of the molecule is C[C@H]1Oc2ccccc2N(CC(=O)NC[C@H](O)c2ccc(F)c(F)c2)C1=O. The summed E-state index contributed by atoms with van der Waals surface area (Å²) in [7, 11) is 0. The number of aliphatic hydroxyl groups is 1. The third-order valence-corrected chi connectivity index (χ3v) is 4.20. The fourth-order valence-corrected chi connectivity index (χ4v) is 2.77. The number of aliphatic hydroxyl groups excluding tert-OH is 1. The van der Waals surface area contributed by atoms with Gasteiger partial charge in [-0.15, -0.1) is 0 Å². The number of fused-ring (bicyclic) bond motifs is 1. The lowest BCUT2D eigenvalue weighted by Gasteiger charge is -2.32. The highest BCUT2D eigenvalue weighted by Crippen LogP contribution is 2.33. The summed E-state index contributed by atoms with van der Waals surface area (Å²) in [4.78, 5) is 25.9. The Hall–Kier alpha value is -3.00. The highest BCUT2D eigenvalue weighted by Gasteiger charge is 2.32. The Morgan fingerprint density at radius 2 is 2.00 bits per heavy atom. The van der Waals surface area contributed by atoms with E-state index in [-0.39, 0.29) is 24.6 Å². The molecule has 6 nitrogen and oxygen atoms in total. The fourth-order valence-electron chi connectivity index (χ4n) is 2.77. The number of carbonyl (C=O) groups is 2. The molecule has 0 radical (unpaired) electrons. The van der Waals surface area contributed by atoms with Gasteiger partial charge in [0.25, 0.3) is 5.91 Å². The zero-order chi connectivity index (χ0) is 19.6. The highest BCUT2D eigenvalue weighted by molar-refractivity contribution is 6.03. The number of hydrogen-bond acceptors (Lipinski definition) is 4. The topological polar surface area (TPSA) is 78.9 Å². The smallest absolute Gasteiger partial charge is 0.268 e. The molecule has 0 unspecified atom stereocenters. The van der Waals surface area contributed by atoms with E-state index in [0.717, 1.165) is 12.1 Å². The van der Waals surface area contributed by atoms with Crippen LogP contribution in [0.5, 0.6) is 5.75 Å². The normalized spacial score (nSPS) is 17.1. The van der Waals surface area contributed by atoms with Crippen molar-refractivity contribution in [2.24, 2.45) is 0 Å². The Morgan fingerprint density at radius 1 is 1.26 bits per heavy atom. The van der Waals surface area contributed by atoms with Crippen molar-refractivity contribution in [3.05, 3.63) is 59.7 Å². The Labute approximate surface area is 154 Å². The molecule has 0 bridgehead atoms. The van der Waals surface area contributed by atoms with Gasteiger partial charge in [-0.05, 0) is 36.8 Å². The standard InChI is InChI=1S/C19H18F2N2O4/c1-11-19(26)23(15-4-2-3-5-17(15)27-11)10-18(25)22-9-16(24)12-6-7-13(20)14(21)8-12/h2-8,11,16,24H,9-10H2,1H3,(H,22,25)/t11-,16+/m1/s1. The molecule has 2 aromatic rings. The Bertz CT molecular complexity index is 875. The van der Waals surface area contributed by atoms with Crippen LogP contribution in [0.15, 0.2) is 42.5 Å². The molecule has 0 spiro atoms. The van der Waals surface area contributed by atoms with E-state index in [2.05, 4.69) is 5.32 Å². The van der Waals surface area contributed by atoms with Crippen molar-refractivity contribution in [1.29, 1.82) is 0 Å². The average Bonchev–Trinajstić information content (AvgIpc) is 2.65. The maximum absolute atomic E-state index is 13.2. The molecule has 2 atom stereocenters. The molecule has 1 aliphatic rings. The van der Waals surface area contributed by atoms with Crippen LogP contribution in [-0.2, 0) is 9.59 Å². The van der Waals surface area contributed by atoms with E-state index in [1.807, 2.05) is 0 Å². The summed E-state index contributed by atoms with van der Waals surface area (Å²) in [5.41, 5.74) is 0.618. The van der Waals surface area contributed by atoms with Crippen molar-refractivity contribution >= 4 is 17.5 Å². The van der Waals surface area contributed by atoms with Crippen molar-refractivity contribution in [2.75, 3.05) is 18.0 Å². The maximum atomic E-state index is 13.2. The summed E-state index contributed by atoms with van der Waals surface area (Å²) in [5.74, 6) is -2.46. The van der Waals surface area contributed by atoms with Crippen LogP contribution in [0, 0.1) is 11.6 Å². The Balaban J connectivity index is 1.63. The highest BCUT2D eigenvalue weighted by atomic mass is 19.2. The third-order valence-electron chi connectivity index (χ3n) is 4.20. The zero-order valence-corrected chi connectivity index (χ0v) is 14.5. The number of rotatable bonds is 5. The van der Waals surface area contributed by atoms with Crippen molar-refractivity contribution in [3.63, 3.8) is 0 Å². The predicted molar refractivity (Wildman–Crippen MR) is 93.2 cm³/mol. The molecule has 3 rings (SSSR count). The summed E-state index contributed by atoms with van der Waals surface area (Å²) in [6.45, 7) is 1.13. The van der Waals surface area contributed by atoms with Gasteiger partial charge in [-0.2, -0.15) is 0 Å². The van der Waals surface area contributed by atoms with Crippen LogP contribution >= 0.6 is 0 Å². The molecule has 27 heavy (non-hydrogen) atoms. The lowest BCUT2D eigenvalue weighted by molar-refractivity contribution is -0.128. The second kappa shape index (κ2) is 7.71. The molecule has 2 aromatic carbocycles. The summed E-state index contributed by atoms with van der Waals surface area (Å²) < 4.78 is 31.7. The van der Waals surface area contributed by atoms with Crippen LogP contribution in [0.1, 0.15) is 18.6 Å². The van der Waals surface area contributed by atoms with Gasteiger partial charge >= 0.3 is 0 Å². The van der Waals surface area contributed by atoms with Crippen molar-refractivity contribution in [2.45, 2.75) is 19.1 Å². The van der Waals surface area contributed by atoms with Crippen LogP contribution in [0.2, 0.25) is 0 Å². The second-order valence-electron chi connectivity index (χ2n) is 6.15. The van der Waals surface area contributed by atoms with E-state index < -0.39 is 29.7 Å². The van der Waals surface area contributed by atoms with Crippen LogP contribution in [0.3, 0.4) is 0 Å². The molecule has 0 saturated heterocycles. The van der Waals surface area contributed by atoms with E-state index in [0.29, 0.717) is 11.4 Å². The first-order valence-corrected chi connectivity index (χ1v) is 8.33. The summed E-state index contributed by atoms with van der Waals surface area (Å²) in [5, 5.41) is 12.5. The number of ether oxygens (including phenoxy) is 1. The quantitative estimate of drug-likeness (QED) is 0.836. The molecule has 0 saturated carbocycles. The molecule has 1 heterocycles. The molecular formula is C19H18F2N2O4. The van der Waals surface area contributed by atoms with Gasteiger partial charge in [-0.25, -0.2) is 8.78 Å². The first kappa shape index (κ1) is 18.8. The monoisotopic (exact) mass is 376 g/mol. The summed E-state index contributed by atoms with van der Waals surface area (Å²) >= 11 is 0. The van der Waals surface area contributed by atoms with E-state index in [1.165, 1.54) is 11.0 Å².